The van der Waals surface area contributed by atoms with Crippen LogP contribution in [0, 0.1) is 5.41 Å². The summed E-state index contributed by atoms with van der Waals surface area (Å²) in [6.45, 7) is 2.45. The largest absolute Gasteiger partial charge is 0.497 e. The van der Waals surface area contributed by atoms with Crippen molar-refractivity contribution in [1.29, 1.82) is 5.41 Å². The number of carbonyl (C=O) groups excluding carboxylic acids is 1. The Hall–Kier alpha value is -3.90. The zero-order chi connectivity index (χ0) is 26.2. The lowest BCUT2D eigenvalue weighted by atomic mass is 10.1. The fraction of sp³-hybridized carbons (Fsp3) is 0.200. The molecule has 2 aliphatic heterocycles. The van der Waals surface area contributed by atoms with Crippen molar-refractivity contribution < 1.29 is 22.7 Å². The maximum absolute atomic E-state index is 12.8. The van der Waals surface area contributed by atoms with E-state index in [0.29, 0.717) is 24.7 Å². The molecule has 0 aliphatic carbocycles. The zero-order valence-corrected chi connectivity index (χ0v) is 21.7. The number of benzene rings is 2. The van der Waals surface area contributed by atoms with Gasteiger partial charge in [-0.05, 0) is 36.0 Å². The molecule has 0 atom stereocenters. The number of aliphatic imine (C=N–C) groups is 1. The number of hydrogen-bond donors (Lipinski definition) is 1. The average Bonchev–Trinajstić information content (AvgIpc) is 3.49. The van der Waals surface area contributed by atoms with E-state index in [2.05, 4.69) is 10.1 Å². The van der Waals surface area contributed by atoms with E-state index < -0.39 is 15.7 Å². The molecule has 1 aromatic heterocycles. The number of para-hydroxylation sites is 1. The van der Waals surface area contributed by atoms with Crippen LogP contribution in [0.3, 0.4) is 0 Å². The molecule has 190 valence electrons. The summed E-state index contributed by atoms with van der Waals surface area (Å²) in [5.41, 5.74) is 1.69. The van der Waals surface area contributed by atoms with Crippen LogP contribution >= 0.6 is 11.8 Å². The van der Waals surface area contributed by atoms with Gasteiger partial charge in [0.15, 0.2) is 5.84 Å². The van der Waals surface area contributed by atoms with Crippen LogP contribution in [0.15, 0.2) is 70.4 Å². The van der Waals surface area contributed by atoms with Gasteiger partial charge in [0.25, 0.3) is 5.91 Å². The summed E-state index contributed by atoms with van der Waals surface area (Å²) in [5, 5.41) is 14.7. The maximum Gasteiger partial charge on any atom is 0.283 e. The number of hydrogen-bond acceptors (Lipinski definition) is 8. The molecule has 0 saturated heterocycles. The first kappa shape index (κ1) is 24.8. The molecule has 0 saturated carbocycles. The number of thioether (sulfide) groups is 1. The van der Waals surface area contributed by atoms with Crippen molar-refractivity contribution in [3.05, 3.63) is 65.9 Å². The van der Waals surface area contributed by atoms with Crippen LogP contribution in [0.2, 0.25) is 0 Å². The number of fused-ring (bicyclic) bond motifs is 2. The Bertz CT molecular complexity index is 1620. The summed E-state index contributed by atoms with van der Waals surface area (Å²) in [5.74, 6) is 0.435. The lowest BCUT2D eigenvalue weighted by Crippen LogP contribution is -2.35. The van der Waals surface area contributed by atoms with E-state index in [1.165, 1.54) is 6.92 Å². The van der Waals surface area contributed by atoms with Gasteiger partial charge in [-0.25, -0.2) is 8.42 Å². The molecule has 10 nitrogen and oxygen atoms in total. The minimum absolute atomic E-state index is 0.0266. The number of ether oxygens (including phenoxy) is 2. The minimum atomic E-state index is -3.59. The highest BCUT2D eigenvalue weighted by atomic mass is 32.3. The van der Waals surface area contributed by atoms with E-state index in [4.69, 9.17) is 14.9 Å². The predicted octanol–water partition coefficient (Wildman–Crippen LogP) is 3.74. The van der Waals surface area contributed by atoms with Gasteiger partial charge in [0, 0.05) is 28.7 Å². The summed E-state index contributed by atoms with van der Waals surface area (Å²) in [6, 6.07) is 15.1. The predicted molar refractivity (Wildman–Crippen MR) is 145 cm³/mol. The van der Waals surface area contributed by atoms with Crippen LogP contribution in [-0.4, -0.2) is 58.7 Å². The lowest BCUT2D eigenvalue weighted by Gasteiger charge is -2.19. The Kier molecular flexibility index (Phi) is 6.61. The highest BCUT2D eigenvalue weighted by Crippen LogP contribution is 2.32. The fourth-order valence-electron chi connectivity index (χ4n) is 3.91. The van der Waals surface area contributed by atoms with Crippen molar-refractivity contribution in [2.45, 2.75) is 13.5 Å². The Morgan fingerprint density at radius 2 is 1.92 bits per heavy atom. The average molecular weight is 538 g/mol. The normalized spacial score (nSPS) is 16.7. The molecule has 3 heterocycles. The molecule has 2 aliphatic rings. The SMILES string of the molecule is CCS(=O)(=O)C1=NN2C(=N)/C(=C\c3cn(CCOc4cccc(OC)c4)c4ccccc34)C(=O)N=C2S1. The van der Waals surface area contributed by atoms with Crippen LogP contribution in [0.4, 0.5) is 0 Å². The standard InChI is InChI=1S/C25H23N5O5S2/c1-3-37(32,33)25-28-30-22(26)20(23(31)27-24(30)36-25)13-16-15-29(21-10-5-4-9-19(16)21)11-12-35-18-8-6-7-17(14-18)34-2/h4-10,13-15,26H,3,11-12H2,1-2H3/b20-13+,26-22?. The number of rotatable bonds is 7. The topological polar surface area (TPSA) is 126 Å². The Labute approximate surface area is 217 Å². The Morgan fingerprint density at radius 3 is 2.70 bits per heavy atom. The van der Waals surface area contributed by atoms with Crippen molar-refractivity contribution in [2.75, 3.05) is 19.5 Å². The number of nitrogens with one attached hydrogen (secondary N) is 1. The minimum Gasteiger partial charge on any atom is -0.497 e. The van der Waals surface area contributed by atoms with Crippen molar-refractivity contribution in [2.24, 2.45) is 10.1 Å². The van der Waals surface area contributed by atoms with Crippen molar-refractivity contribution in [1.82, 2.24) is 9.58 Å². The number of aromatic nitrogens is 1. The van der Waals surface area contributed by atoms with Gasteiger partial charge in [-0.1, -0.05) is 31.2 Å². The first-order valence-electron chi connectivity index (χ1n) is 11.4. The first-order chi connectivity index (χ1) is 17.8. The van der Waals surface area contributed by atoms with Gasteiger partial charge in [-0.2, -0.15) is 10.0 Å². The maximum atomic E-state index is 12.8. The van der Waals surface area contributed by atoms with Gasteiger partial charge in [0.2, 0.25) is 19.4 Å². The van der Waals surface area contributed by atoms with Gasteiger partial charge in [-0.3, -0.25) is 10.2 Å². The second-order valence-electron chi connectivity index (χ2n) is 8.11. The second kappa shape index (κ2) is 9.87. The molecule has 0 spiro atoms. The number of nitrogens with zero attached hydrogens (tertiary/aromatic N) is 4. The van der Waals surface area contributed by atoms with E-state index in [1.807, 2.05) is 59.3 Å². The highest BCUT2D eigenvalue weighted by Gasteiger charge is 2.39. The van der Waals surface area contributed by atoms with Crippen LogP contribution in [0.1, 0.15) is 12.5 Å². The summed E-state index contributed by atoms with van der Waals surface area (Å²) in [4.78, 5) is 16.8. The molecular weight excluding hydrogens is 514 g/mol. The molecule has 0 fully saturated rings. The third-order valence-electron chi connectivity index (χ3n) is 5.84. The number of amides is 1. The molecule has 3 aromatic rings. The third-order valence-corrected chi connectivity index (χ3v) is 8.93. The third kappa shape index (κ3) is 4.77. The van der Waals surface area contributed by atoms with Gasteiger partial charge in [0.05, 0.1) is 25.0 Å². The van der Waals surface area contributed by atoms with Crippen molar-refractivity contribution in [3.63, 3.8) is 0 Å². The number of hydrazone groups is 1. The summed E-state index contributed by atoms with van der Waals surface area (Å²) < 4.78 is 37.5. The Balaban J connectivity index is 1.42. The molecule has 37 heavy (non-hydrogen) atoms. The Morgan fingerprint density at radius 1 is 1.14 bits per heavy atom. The van der Waals surface area contributed by atoms with Gasteiger partial charge < -0.3 is 14.0 Å². The summed E-state index contributed by atoms with van der Waals surface area (Å²) in [6.07, 6.45) is 3.49. The van der Waals surface area contributed by atoms with E-state index in [9.17, 15) is 13.2 Å². The number of carbonyl (C=O) groups is 1. The molecule has 2 aromatic carbocycles. The molecular formula is C25H23N5O5S2. The number of amidine groups is 2. The fourth-order valence-corrected chi connectivity index (χ4v) is 6.07. The van der Waals surface area contributed by atoms with Crippen LogP contribution in [0.25, 0.3) is 17.0 Å². The van der Waals surface area contributed by atoms with E-state index in [-0.39, 0.29) is 26.7 Å². The molecule has 12 heteroatoms. The van der Waals surface area contributed by atoms with Crippen molar-refractivity contribution >= 4 is 59.9 Å². The number of sulfone groups is 1. The molecule has 0 bridgehead atoms. The van der Waals surface area contributed by atoms with E-state index in [0.717, 1.165) is 33.2 Å². The quantitative estimate of drug-likeness (QED) is 0.455. The van der Waals surface area contributed by atoms with Crippen LogP contribution in [-0.2, 0) is 21.2 Å². The second-order valence-corrected chi connectivity index (χ2v) is 11.5. The highest BCUT2D eigenvalue weighted by molar-refractivity contribution is 8.42. The van der Waals surface area contributed by atoms with Crippen LogP contribution in [0.5, 0.6) is 11.5 Å². The lowest BCUT2D eigenvalue weighted by molar-refractivity contribution is -0.114. The summed E-state index contributed by atoms with van der Waals surface area (Å²) >= 11 is 0.781. The zero-order valence-electron chi connectivity index (χ0n) is 20.0. The van der Waals surface area contributed by atoms with E-state index >= 15 is 0 Å². The molecule has 1 N–H and O–H groups in total. The van der Waals surface area contributed by atoms with Gasteiger partial charge in [-0.15, -0.1) is 5.10 Å². The molecule has 5 rings (SSSR count). The monoisotopic (exact) mass is 537 g/mol. The smallest absolute Gasteiger partial charge is 0.283 e. The van der Waals surface area contributed by atoms with E-state index in [1.54, 1.807) is 13.2 Å². The molecule has 0 radical (unpaired) electrons. The number of methoxy groups -OCH3 is 1. The molecule has 1 amide bonds. The van der Waals surface area contributed by atoms with Crippen LogP contribution < -0.4 is 9.47 Å². The molecule has 0 unspecified atom stereocenters. The first-order valence-corrected chi connectivity index (χ1v) is 13.9. The summed E-state index contributed by atoms with van der Waals surface area (Å²) in [7, 11) is -1.99. The van der Waals surface area contributed by atoms with Gasteiger partial charge >= 0.3 is 0 Å². The van der Waals surface area contributed by atoms with Gasteiger partial charge in [0.1, 0.15) is 18.1 Å². The van der Waals surface area contributed by atoms with Crippen molar-refractivity contribution in [3.8, 4) is 11.5 Å².